The molecule has 0 bridgehead atoms. The molecule has 188 valence electrons. The van der Waals surface area contributed by atoms with Gasteiger partial charge in [0.2, 0.25) is 0 Å². The molecule has 0 rings (SSSR count). The molecule has 0 amide bonds. The van der Waals surface area contributed by atoms with E-state index in [4.69, 9.17) is 4.74 Å². The summed E-state index contributed by atoms with van der Waals surface area (Å²) in [4.78, 5) is 48.8. The molecule has 0 heterocycles. The quantitative estimate of drug-likeness (QED) is 0.522. The molecule has 0 aliphatic heterocycles. The van der Waals surface area contributed by atoms with E-state index in [1.54, 1.807) is 27.9 Å². The van der Waals surface area contributed by atoms with Gasteiger partial charge in [-0.3, -0.25) is 9.59 Å². The zero-order valence-corrected chi connectivity index (χ0v) is 22.0. The average Bonchev–Trinajstić information content (AvgIpc) is 2.63. The van der Waals surface area contributed by atoms with E-state index in [1.807, 2.05) is 13.8 Å². The van der Waals surface area contributed by atoms with Crippen LogP contribution >= 0.6 is 0 Å². The number of carbonyl (C=O) groups is 5. The largest absolute Gasteiger partial charge is 0.466 e. The third kappa shape index (κ3) is 188. The van der Waals surface area contributed by atoms with Crippen molar-refractivity contribution in [1.82, 2.24) is 0 Å². The normalized spacial score (nSPS) is 7.74. The Morgan fingerprint density at radius 1 is 0.613 bits per heavy atom. The summed E-state index contributed by atoms with van der Waals surface area (Å²) < 4.78 is 13.5. The number of ether oxygens (including phenoxy) is 3. The number of hydrogen-bond donors (Lipinski definition) is 0. The van der Waals surface area contributed by atoms with Crippen LogP contribution < -0.4 is 0 Å². The Bertz CT molecular complexity index is 382. The van der Waals surface area contributed by atoms with Crippen molar-refractivity contribution >= 4 is 29.1 Å². The van der Waals surface area contributed by atoms with Gasteiger partial charge in [0.25, 0.3) is 0 Å². The van der Waals surface area contributed by atoms with Crippen LogP contribution in [0.3, 0.4) is 0 Å². The second kappa shape index (κ2) is 42.2. The third-order valence-electron chi connectivity index (χ3n) is 2.10. The van der Waals surface area contributed by atoms with Gasteiger partial charge >= 0.3 is 5.97 Å². The Kier molecular flexibility index (Phi) is 58.6. The van der Waals surface area contributed by atoms with Crippen molar-refractivity contribution in [1.29, 1.82) is 0 Å². The van der Waals surface area contributed by atoms with Gasteiger partial charge in [-0.25, -0.2) is 0 Å². The molecule has 8 heteroatoms. The van der Waals surface area contributed by atoms with Gasteiger partial charge in [-0.05, 0) is 48.0 Å². The van der Waals surface area contributed by atoms with Crippen LogP contribution in [-0.4, -0.2) is 63.1 Å². The smallest absolute Gasteiger partial charge is 0.302 e. The first-order valence-electron chi connectivity index (χ1n) is 10.3. The highest BCUT2D eigenvalue weighted by molar-refractivity contribution is 5.76. The van der Waals surface area contributed by atoms with Gasteiger partial charge < -0.3 is 28.6 Å². The summed E-state index contributed by atoms with van der Waals surface area (Å²) in [7, 11) is 3.21. The highest BCUT2D eigenvalue weighted by atomic mass is 16.5. The summed E-state index contributed by atoms with van der Waals surface area (Å²) in [5.41, 5.74) is 0. The van der Waals surface area contributed by atoms with Crippen molar-refractivity contribution in [3.05, 3.63) is 0 Å². The van der Waals surface area contributed by atoms with Crippen LogP contribution in [0.4, 0.5) is 0 Å². The van der Waals surface area contributed by atoms with Gasteiger partial charge in [-0.1, -0.05) is 20.8 Å². The minimum atomic E-state index is -0.211. The van der Waals surface area contributed by atoms with Crippen LogP contribution in [0.15, 0.2) is 0 Å². The van der Waals surface area contributed by atoms with Gasteiger partial charge in [0.1, 0.15) is 24.0 Å². The van der Waals surface area contributed by atoms with Crippen LogP contribution in [-0.2, 0) is 38.2 Å². The molecule has 0 radical (unpaired) electrons. The number of ketones is 4. The van der Waals surface area contributed by atoms with Gasteiger partial charge in [-0.15, -0.1) is 0 Å². The Balaban J connectivity index is -0.0000000608. The van der Waals surface area contributed by atoms with Gasteiger partial charge in [-0.2, -0.15) is 0 Å². The van der Waals surface area contributed by atoms with Gasteiger partial charge in [0.15, 0.2) is 5.78 Å². The van der Waals surface area contributed by atoms with Crippen molar-refractivity contribution < 1.29 is 38.2 Å². The summed E-state index contributed by atoms with van der Waals surface area (Å²) in [5.74, 6) is 0.532. The standard InChI is InChI=1S/2C4H8O2.C4H10O.2C4H8O.C3H6O/c1-4(5)3-6-2;1-3-6-4(2)5;1-3-4-5-2;2*1-3-4(2)5;1-3(2)4/h2*3H2,1-2H3;3-4H2,1-2H3;2*3H2,1-2H3;1-2H3. The second-order valence-electron chi connectivity index (χ2n) is 6.07. The molecule has 31 heavy (non-hydrogen) atoms. The lowest BCUT2D eigenvalue weighted by Gasteiger charge is -1.89. The molecule has 8 nitrogen and oxygen atoms in total. The second-order valence-corrected chi connectivity index (χ2v) is 6.07. The molecular weight excluding hydrogens is 404 g/mol. The molecular formula is C23H48O8. The van der Waals surface area contributed by atoms with Crippen molar-refractivity contribution in [2.45, 2.75) is 88.5 Å². The van der Waals surface area contributed by atoms with E-state index < -0.39 is 0 Å². The molecule has 0 saturated heterocycles. The van der Waals surface area contributed by atoms with E-state index in [1.165, 1.54) is 34.8 Å². The van der Waals surface area contributed by atoms with E-state index in [9.17, 15) is 24.0 Å². The van der Waals surface area contributed by atoms with Crippen LogP contribution in [0.25, 0.3) is 0 Å². The first-order valence-corrected chi connectivity index (χ1v) is 10.3. The molecule has 0 aliphatic carbocycles. The van der Waals surface area contributed by atoms with E-state index in [-0.39, 0.29) is 35.7 Å². The molecule has 0 aliphatic rings. The van der Waals surface area contributed by atoms with Crippen LogP contribution in [0.2, 0.25) is 0 Å². The van der Waals surface area contributed by atoms with E-state index in [0.717, 1.165) is 13.0 Å². The minimum Gasteiger partial charge on any atom is -0.466 e. The monoisotopic (exact) mass is 452 g/mol. The van der Waals surface area contributed by atoms with Crippen LogP contribution in [0.1, 0.15) is 88.5 Å². The number of carbonyl (C=O) groups excluding carboxylic acids is 5. The predicted octanol–water partition coefficient (Wildman–Crippen LogP) is 4.40. The summed E-state index contributed by atoms with van der Waals surface area (Å²) in [6.07, 6.45) is 2.45. The molecule has 0 saturated carbocycles. The number of Topliss-reactive ketones (excluding diaryl/α,β-unsaturated/α-hetero) is 4. The van der Waals surface area contributed by atoms with Crippen LogP contribution in [0, 0.1) is 0 Å². The van der Waals surface area contributed by atoms with E-state index in [2.05, 4.69) is 16.4 Å². The fraction of sp³-hybridized carbons (Fsp3) is 0.783. The Morgan fingerprint density at radius 2 is 0.935 bits per heavy atom. The molecule has 0 unspecified atom stereocenters. The summed E-state index contributed by atoms with van der Waals surface area (Å²) >= 11 is 0. The maximum Gasteiger partial charge on any atom is 0.302 e. The lowest BCUT2D eigenvalue weighted by molar-refractivity contribution is -0.140. The number of rotatable bonds is 7. The number of hydrogen-bond acceptors (Lipinski definition) is 8. The Labute approximate surface area is 190 Å². The fourth-order valence-electron chi connectivity index (χ4n) is 0.611. The molecule has 0 aromatic heterocycles. The number of methoxy groups -OCH3 is 2. The molecule has 0 aromatic rings. The lowest BCUT2D eigenvalue weighted by Crippen LogP contribution is -1.98. The summed E-state index contributed by atoms with van der Waals surface area (Å²) in [6.45, 7) is 18.3. The highest BCUT2D eigenvalue weighted by Gasteiger charge is 1.83. The van der Waals surface area contributed by atoms with Crippen molar-refractivity contribution in [2.75, 3.05) is 34.0 Å². The summed E-state index contributed by atoms with van der Waals surface area (Å²) in [5, 5.41) is 0. The Morgan fingerprint density at radius 3 is 0.935 bits per heavy atom. The Hall–Kier alpha value is -1.93. The summed E-state index contributed by atoms with van der Waals surface area (Å²) in [6, 6.07) is 0. The maximum absolute atomic E-state index is 9.92. The fourth-order valence-corrected chi connectivity index (χ4v) is 0.611. The van der Waals surface area contributed by atoms with E-state index in [0.29, 0.717) is 19.4 Å². The average molecular weight is 453 g/mol. The molecule has 0 spiro atoms. The SMILES string of the molecule is CC(C)=O.CCC(C)=O.CCC(C)=O.CCCOC.CCOC(C)=O.COCC(C)=O. The first-order chi connectivity index (χ1) is 14.2. The lowest BCUT2D eigenvalue weighted by atomic mass is 10.4. The van der Waals surface area contributed by atoms with Gasteiger partial charge in [0.05, 0.1) is 6.61 Å². The van der Waals surface area contributed by atoms with Gasteiger partial charge in [0, 0.05) is 40.6 Å². The van der Waals surface area contributed by atoms with Crippen molar-refractivity contribution in [3.8, 4) is 0 Å². The first kappa shape index (κ1) is 43.0. The zero-order chi connectivity index (χ0) is 26.3. The molecule has 0 aromatic carbocycles. The zero-order valence-electron chi connectivity index (χ0n) is 22.0. The predicted molar refractivity (Wildman–Crippen MR) is 125 cm³/mol. The maximum atomic E-state index is 9.92. The highest BCUT2D eigenvalue weighted by Crippen LogP contribution is 1.72. The molecule has 0 N–H and O–H groups in total. The molecule has 0 atom stereocenters. The third-order valence-corrected chi connectivity index (χ3v) is 2.10. The minimum absolute atomic E-state index is 0.0671. The topological polar surface area (TPSA) is 113 Å². The molecule has 0 fully saturated rings. The van der Waals surface area contributed by atoms with Crippen LogP contribution in [0.5, 0.6) is 0 Å². The van der Waals surface area contributed by atoms with E-state index >= 15 is 0 Å². The van der Waals surface area contributed by atoms with Crippen molar-refractivity contribution in [3.63, 3.8) is 0 Å². The number of esters is 1. The van der Waals surface area contributed by atoms with Crippen molar-refractivity contribution in [2.24, 2.45) is 0 Å².